The van der Waals surface area contributed by atoms with Crippen molar-refractivity contribution in [2.45, 2.75) is 20.5 Å². The molecule has 0 aliphatic carbocycles. The van der Waals surface area contributed by atoms with Crippen LogP contribution >= 0.6 is 0 Å². The Morgan fingerprint density at radius 2 is 2.00 bits per heavy atom. The Labute approximate surface area is 128 Å². The molecule has 0 amide bonds. The van der Waals surface area contributed by atoms with E-state index in [4.69, 9.17) is 4.74 Å². The summed E-state index contributed by atoms with van der Waals surface area (Å²) in [5.41, 5.74) is 2.82. The predicted octanol–water partition coefficient (Wildman–Crippen LogP) is 3.00. The van der Waals surface area contributed by atoms with Gasteiger partial charge in [-0.2, -0.15) is 0 Å². The minimum absolute atomic E-state index is 0.125. The summed E-state index contributed by atoms with van der Waals surface area (Å²) in [6.07, 6.45) is 1.70. The summed E-state index contributed by atoms with van der Waals surface area (Å²) in [6.45, 7) is 3.82. The van der Waals surface area contributed by atoms with E-state index in [0.717, 1.165) is 16.6 Å². The highest BCUT2D eigenvalue weighted by atomic mass is 16.5. The quantitative estimate of drug-likeness (QED) is 0.694. The molecule has 0 aliphatic heterocycles. The lowest BCUT2D eigenvalue weighted by molar-refractivity contribution is 0.0469. The maximum atomic E-state index is 12.3. The van der Waals surface area contributed by atoms with Crippen molar-refractivity contribution < 1.29 is 9.53 Å². The van der Waals surface area contributed by atoms with Crippen molar-refractivity contribution >= 4 is 16.9 Å². The van der Waals surface area contributed by atoms with E-state index in [2.05, 4.69) is 15.0 Å². The monoisotopic (exact) mass is 293 g/mol. The third-order valence-electron chi connectivity index (χ3n) is 3.24. The number of ether oxygens (including phenoxy) is 1. The summed E-state index contributed by atoms with van der Waals surface area (Å²) in [6, 6.07) is 10.9. The van der Waals surface area contributed by atoms with E-state index in [9.17, 15) is 4.79 Å². The first-order chi connectivity index (χ1) is 10.6. The van der Waals surface area contributed by atoms with Gasteiger partial charge in [0.2, 0.25) is 0 Å². The normalized spacial score (nSPS) is 10.6. The summed E-state index contributed by atoms with van der Waals surface area (Å²) in [7, 11) is 0. The van der Waals surface area contributed by atoms with Crippen LogP contribution in [0.15, 0.2) is 42.6 Å². The zero-order valence-electron chi connectivity index (χ0n) is 12.4. The molecule has 0 spiro atoms. The van der Waals surface area contributed by atoms with Gasteiger partial charge in [-0.15, -0.1) is 0 Å². The minimum atomic E-state index is -0.382. The van der Waals surface area contributed by atoms with E-state index in [1.807, 2.05) is 32.0 Å². The zero-order valence-corrected chi connectivity index (χ0v) is 12.4. The van der Waals surface area contributed by atoms with E-state index in [1.54, 1.807) is 24.4 Å². The number of carbonyl (C=O) groups excluding carboxylic acids is 1. The number of fused-ring (bicyclic) bond motifs is 1. The highest BCUT2D eigenvalue weighted by Gasteiger charge is 2.12. The summed E-state index contributed by atoms with van der Waals surface area (Å²) in [4.78, 5) is 25.0. The van der Waals surface area contributed by atoms with Crippen LogP contribution in [0.1, 0.15) is 27.6 Å². The Kier molecular flexibility index (Phi) is 3.78. The molecule has 0 saturated carbocycles. The van der Waals surface area contributed by atoms with Gasteiger partial charge in [0.15, 0.2) is 0 Å². The number of nitrogens with zero attached hydrogens (tertiary/aromatic N) is 3. The van der Waals surface area contributed by atoms with Crippen LogP contribution in [0.4, 0.5) is 0 Å². The highest BCUT2D eigenvalue weighted by Crippen LogP contribution is 2.17. The summed E-state index contributed by atoms with van der Waals surface area (Å²) in [5, 5.41) is 0.782. The van der Waals surface area contributed by atoms with E-state index < -0.39 is 0 Å². The van der Waals surface area contributed by atoms with Gasteiger partial charge in [0.25, 0.3) is 0 Å². The predicted molar refractivity (Wildman–Crippen MR) is 82.4 cm³/mol. The molecule has 0 radical (unpaired) electrons. The number of hydrogen-bond acceptors (Lipinski definition) is 5. The molecule has 0 unspecified atom stereocenters. The lowest BCUT2D eigenvalue weighted by Gasteiger charge is -2.07. The van der Waals surface area contributed by atoms with Gasteiger partial charge in [-0.05, 0) is 38.1 Å². The van der Waals surface area contributed by atoms with Crippen LogP contribution in [-0.2, 0) is 11.3 Å². The van der Waals surface area contributed by atoms with Crippen LogP contribution in [0.25, 0.3) is 10.9 Å². The summed E-state index contributed by atoms with van der Waals surface area (Å²) < 4.78 is 5.38. The number of pyridine rings is 1. The standard InChI is InChI=1S/C17H15N3O2/c1-11-9-13(20-12(2)19-11)10-22-17(21)15-5-3-7-16-14(15)6-4-8-18-16/h3-9H,10H2,1-2H3. The number of rotatable bonds is 3. The topological polar surface area (TPSA) is 65.0 Å². The van der Waals surface area contributed by atoms with Gasteiger partial charge in [-0.25, -0.2) is 14.8 Å². The van der Waals surface area contributed by atoms with Crippen molar-refractivity contribution in [3.63, 3.8) is 0 Å². The third-order valence-corrected chi connectivity index (χ3v) is 3.24. The maximum absolute atomic E-state index is 12.3. The van der Waals surface area contributed by atoms with Crippen LogP contribution in [0.5, 0.6) is 0 Å². The van der Waals surface area contributed by atoms with Gasteiger partial charge in [-0.3, -0.25) is 4.98 Å². The largest absolute Gasteiger partial charge is 0.456 e. The van der Waals surface area contributed by atoms with Gasteiger partial charge in [0, 0.05) is 17.3 Å². The third kappa shape index (κ3) is 2.93. The molecule has 0 bridgehead atoms. The number of esters is 1. The van der Waals surface area contributed by atoms with E-state index in [1.165, 1.54) is 0 Å². The van der Waals surface area contributed by atoms with Crippen molar-refractivity contribution in [2.24, 2.45) is 0 Å². The Morgan fingerprint density at radius 3 is 2.82 bits per heavy atom. The van der Waals surface area contributed by atoms with Crippen LogP contribution in [0, 0.1) is 13.8 Å². The van der Waals surface area contributed by atoms with E-state index in [-0.39, 0.29) is 12.6 Å². The van der Waals surface area contributed by atoms with Gasteiger partial charge < -0.3 is 4.74 Å². The molecule has 0 N–H and O–H groups in total. The molecule has 0 aliphatic rings. The van der Waals surface area contributed by atoms with E-state index in [0.29, 0.717) is 17.1 Å². The van der Waals surface area contributed by atoms with Crippen molar-refractivity contribution in [3.05, 3.63) is 65.4 Å². The second-order valence-electron chi connectivity index (χ2n) is 5.00. The van der Waals surface area contributed by atoms with Gasteiger partial charge >= 0.3 is 5.97 Å². The van der Waals surface area contributed by atoms with Crippen molar-refractivity contribution in [2.75, 3.05) is 0 Å². The lowest BCUT2D eigenvalue weighted by atomic mass is 10.1. The number of benzene rings is 1. The Bertz CT molecular complexity index is 821. The molecular weight excluding hydrogens is 278 g/mol. The number of aromatic nitrogens is 3. The molecule has 5 nitrogen and oxygen atoms in total. The maximum Gasteiger partial charge on any atom is 0.339 e. The molecule has 2 heterocycles. The molecule has 0 fully saturated rings. The Morgan fingerprint density at radius 1 is 1.14 bits per heavy atom. The molecular formula is C17H15N3O2. The number of carbonyl (C=O) groups is 1. The summed E-state index contributed by atoms with van der Waals surface area (Å²) >= 11 is 0. The fourth-order valence-electron chi connectivity index (χ4n) is 2.37. The molecule has 0 saturated heterocycles. The van der Waals surface area contributed by atoms with Crippen LogP contribution in [-0.4, -0.2) is 20.9 Å². The number of aryl methyl sites for hydroxylation is 2. The molecule has 3 rings (SSSR count). The Balaban J connectivity index is 1.82. The first-order valence-corrected chi connectivity index (χ1v) is 6.95. The molecule has 110 valence electrons. The van der Waals surface area contributed by atoms with Crippen molar-refractivity contribution in [3.8, 4) is 0 Å². The van der Waals surface area contributed by atoms with Crippen molar-refractivity contribution in [1.29, 1.82) is 0 Å². The van der Waals surface area contributed by atoms with Gasteiger partial charge in [-0.1, -0.05) is 12.1 Å². The zero-order chi connectivity index (χ0) is 15.5. The highest BCUT2D eigenvalue weighted by molar-refractivity contribution is 6.03. The fraction of sp³-hybridized carbons (Fsp3) is 0.176. The minimum Gasteiger partial charge on any atom is -0.456 e. The molecule has 3 aromatic rings. The van der Waals surface area contributed by atoms with Crippen molar-refractivity contribution in [1.82, 2.24) is 15.0 Å². The van der Waals surface area contributed by atoms with Gasteiger partial charge in [0.1, 0.15) is 12.4 Å². The molecule has 1 aromatic carbocycles. The first kappa shape index (κ1) is 14.1. The van der Waals surface area contributed by atoms with Crippen LogP contribution < -0.4 is 0 Å². The Hall–Kier alpha value is -2.82. The molecule has 0 atom stereocenters. The van der Waals surface area contributed by atoms with Crippen LogP contribution in [0.3, 0.4) is 0 Å². The molecule has 2 aromatic heterocycles. The van der Waals surface area contributed by atoms with Crippen LogP contribution in [0.2, 0.25) is 0 Å². The molecule has 5 heteroatoms. The lowest BCUT2D eigenvalue weighted by Crippen LogP contribution is -2.08. The second kappa shape index (κ2) is 5.89. The average molecular weight is 293 g/mol. The fourth-order valence-corrected chi connectivity index (χ4v) is 2.37. The first-order valence-electron chi connectivity index (χ1n) is 6.95. The van der Waals surface area contributed by atoms with E-state index >= 15 is 0 Å². The van der Waals surface area contributed by atoms with Gasteiger partial charge in [0.05, 0.1) is 16.8 Å². The average Bonchev–Trinajstić information content (AvgIpc) is 2.51. The summed E-state index contributed by atoms with van der Waals surface area (Å²) in [5.74, 6) is 0.285. The molecule has 22 heavy (non-hydrogen) atoms. The SMILES string of the molecule is Cc1cc(COC(=O)c2cccc3ncccc23)nc(C)n1. The second-order valence-corrected chi connectivity index (χ2v) is 5.00. The smallest absolute Gasteiger partial charge is 0.339 e. The number of hydrogen-bond donors (Lipinski definition) is 0.